The molecular weight excluding hydrogens is 450 g/mol. The smallest absolute Gasteiger partial charge is 0.200 e. The third-order valence-electron chi connectivity index (χ3n) is 10.3. The first-order valence-corrected chi connectivity index (χ1v) is 18.1. The highest BCUT2D eigenvalue weighted by atomic mass is 28.3. The van der Waals surface area contributed by atoms with Crippen LogP contribution in [0.5, 0.6) is 0 Å². The Morgan fingerprint density at radius 1 is 0.750 bits per heavy atom. The predicted molar refractivity (Wildman–Crippen MR) is 157 cm³/mol. The molecule has 0 unspecified atom stereocenters. The summed E-state index contributed by atoms with van der Waals surface area (Å²) in [6, 6.07) is 15.2. The minimum Gasteiger partial charge on any atom is -0.200 e. The first-order chi connectivity index (χ1) is 17.4. The van der Waals surface area contributed by atoms with Gasteiger partial charge in [0.05, 0.1) is 19.0 Å². The summed E-state index contributed by atoms with van der Waals surface area (Å²) in [6.45, 7) is 7.61. The highest BCUT2D eigenvalue weighted by molar-refractivity contribution is 6.91. The molecule has 0 atom stereocenters. The molecule has 0 N–H and O–H groups in total. The van der Waals surface area contributed by atoms with Crippen LogP contribution < -0.4 is 9.75 Å². The number of benzene rings is 2. The molecule has 2 heteroatoms. The molecule has 1 nitrogen and oxygen atoms in total. The van der Waals surface area contributed by atoms with Gasteiger partial charge in [0, 0.05) is 6.07 Å². The molecule has 0 saturated heterocycles. The lowest BCUT2D eigenvalue weighted by atomic mass is 9.76. The lowest BCUT2D eigenvalue weighted by Gasteiger charge is -2.28. The van der Waals surface area contributed by atoms with Crippen molar-refractivity contribution in [1.82, 2.24) is 0 Å². The summed E-state index contributed by atoms with van der Waals surface area (Å²) in [5, 5.41) is 4.51. The quantitative estimate of drug-likeness (QED) is 0.245. The zero-order valence-corrected chi connectivity index (χ0v) is 24.2. The molecule has 3 saturated carbocycles. The largest absolute Gasteiger partial charge is 0.220 e. The third-order valence-corrected chi connectivity index (χ3v) is 14.7. The van der Waals surface area contributed by atoms with Crippen LogP contribution >= 0.6 is 0 Å². The Kier molecular flexibility index (Phi) is 6.61. The molecule has 0 aliphatic heterocycles. The fourth-order valence-electron chi connectivity index (χ4n) is 7.66. The van der Waals surface area contributed by atoms with E-state index in [1.165, 1.54) is 99.1 Å². The van der Waals surface area contributed by atoms with Gasteiger partial charge < -0.3 is 0 Å². The van der Waals surface area contributed by atoms with Crippen molar-refractivity contribution in [3.05, 3.63) is 59.3 Å². The number of hydrogen-bond donors (Lipinski definition) is 0. The average molecular weight is 497 g/mol. The number of aryl methyl sites for hydroxylation is 1. The molecule has 3 aliphatic carbocycles. The lowest BCUT2D eigenvalue weighted by Crippen LogP contribution is -2.41. The molecule has 3 fully saturated rings. The standard InChI is InChI=1S/C34H46NSi/c1-24-32(26-13-9-6-10-14-26)22-28(25-11-7-5-8-12-25)23-33(24)34-31-18-17-30(36(3,4)29-15-16-29)21-27(31)19-20-35(34)2/h17-23,25-26,29H,5-16H2,1-4H3/q+1. The van der Waals surface area contributed by atoms with Crippen molar-refractivity contribution in [1.29, 1.82) is 0 Å². The number of fused-ring (bicyclic) bond motifs is 1. The van der Waals surface area contributed by atoms with Crippen LogP contribution in [-0.4, -0.2) is 8.07 Å². The van der Waals surface area contributed by atoms with Gasteiger partial charge in [0.2, 0.25) is 5.69 Å². The van der Waals surface area contributed by atoms with Gasteiger partial charge in [0.15, 0.2) is 6.20 Å². The first-order valence-electron chi connectivity index (χ1n) is 15.0. The maximum Gasteiger partial charge on any atom is 0.220 e. The molecule has 2 aromatic carbocycles. The van der Waals surface area contributed by atoms with Crippen molar-refractivity contribution in [2.45, 2.75) is 114 Å². The van der Waals surface area contributed by atoms with Crippen LogP contribution in [0.2, 0.25) is 18.6 Å². The highest BCUT2D eigenvalue weighted by Crippen LogP contribution is 2.45. The van der Waals surface area contributed by atoms with Gasteiger partial charge in [-0.1, -0.05) is 87.8 Å². The minimum absolute atomic E-state index is 0.748. The first kappa shape index (κ1) is 24.4. The zero-order chi connectivity index (χ0) is 24.9. The third kappa shape index (κ3) is 4.49. The number of rotatable bonds is 5. The number of nitrogens with zero attached hydrogens (tertiary/aromatic N) is 1. The summed E-state index contributed by atoms with van der Waals surface area (Å²) in [6.07, 6.45) is 19.2. The summed E-state index contributed by atoms with van der Waals surface area (Å²) >= 11 is 0. The van der Waals surface area contributed by atoms with Gasteiger partial charge in [0.25, 0.3) is 0 Å². The monoisotopic (exact) mass is 496 g/mol. The van der Waals surface area contributed by atoms with Crippen molar-refractivity contribution in [2.24, 2.45) is 7.05 Å². The van der Waals surface area contributed by atoms with Gasteiger partial charge in [-0.15, -0.1) is 0 Å². The Hall–Kier alpha value is -1.93. The van der Waals surface area contributed by atoms with Gasteiger partial charge in [-0.25, -0.2) is 4.57 Å². The SMILES string of the molecule is Cc1c(-c2c3ccc([Si](C)(C)C4CC4)cc3cc[n+]2C)cc(C2CCCCC2)cc1C1CCCCC1. The second-order valence-corrected chi connectivity index (χ2v) is 17.9. The van der Waals surface area contributed by atoms with E-state index >= 15 is 0 Å². The lowest BCUT2D eigenvalue weighted by molar-refractivity contribution is -0.659. The van der Waals surface area contributed by atoms with Gasteiger partial charge in [-0.3, -0.25) is 0 Å². The molecule has 1 aromatic heterocycles. The van der Waals surface area contributed by atoms with E-state index in [1.54, 1.807) is 21.9 Å². The van der Waals surface area contributed by atoms with Gasteiger partial charge in [-0.05, 0) is 84.2 Å². The van der Waals surface area contributed by atoms with E-state index in [2.05, 4.69) is 74.2 Å². The van der Waals surface area contributed by atoms with Gasteiger partial charge >= 0.3 is 0 Å². The van der Waals surface area contributed by atoms with Crippen LogP contribution in [0.3, 0.4) is 0 Å². The fraction of sp³-hybridized carbons (Fsp3) is 0.559. The Balaban J connectivity index is 1.51. The van der Waals surface area contributed by atoms with Crippen LogP contribution in [-0.2, 0) is 7.05 Å². The van der Waals surface area contributed by atoms with E-state index in [1.807, 2.05) is 0 Å². The molecule has 0 spiro atoms. The van der Waals surface area contributed by atoms with Crippen LogP contribution in [0, 0.1) is 6.92 Å². The molecule has 0 bridgehead atoms. The second kappa shape index (κ2) is 9.75. The normalized spacial score (nSPS) is 20.2. The van der Waals surface area contributed by atoms with Crippen molar-refractivity contribution in [3.63, 3.8) is 0 Å². The van der Waals surface area contributed by atoms with Crippen LogP contribution in [0.1, 0.15) is 106 Å². The van der Waals surface area contributed by atoms with Crippen LogP contribution in [0.15, 0.2) is 42.6 Å². The maximum absolute atomic E-state index is 2.66. The van der Waals surface area contributed by atoms with E-state index in [0.29, 0.717) is 0 Å². The molecule has 3 aliphatic rings. The summed E-state index contributed by atoms with van der Waals surface area (Å²) < 4.78 is 2.41. The van der Waals surface area contributed by atoms with Gasteiger partial charge in [0.1, 0.15) is 7.05 Å². The van der Waals surface area contributed by atoms with Crippen LogP contribution in [0.25, 0.3) is 22.0 Å². The number of pyridine rings is 1. The molecule has 0 radical (unpaired) electrons. The molecule has 6 rings (SSSR count). The Labute approximate surface area is 220 Å². The Morgan fingerprint density at radius 2 is 1.42 bits per heavy atom. The topological polar surface area (TPSA) is 3.88 Å². The maximum atomic E-state index is 2.66. The fourth-order valence-corrected chi connectivity index (χ4v) is 10.8. The van der Waals surface area contributed by atoms with E-state index < -0.39 is 8.07 Å². The van der Waals surface area contributed by atoms with Crippen LogP contribution in [0.4, 0.5) is 0 Å². The molecule has 0 amide bonds. The van der Waals surface area contributed by atoms with Crippen molar-refractivity contribution < 1.29 is 4.57 Å². The summed E-state index contributed by atoms with van der Waals surface area (Å²) in [4.78, 5) is 0. The van der Waals surface area contributed by atoms with Gasteiger partial charge in [-0.2, -0.15) is 0 Å². The highest BCUT2D eigenvalue weighted by Gasteiger charge is 2.41. The molecule has 1 heterocycles. The molecule has 3 aromatic rings. The second-order valence-electron chi connectivity index (χ2n) is 13.0. The predicted octanol–water partition coefficient (Wildman–Crippen LogP) is 8.81. The Morgan fingerprint density at radius 3 is 2.08 bits per heavy atom. The summed E-state index contributed by atoms with van der Waals surface area (Å²) in [5.74, 6) is 1.50. The van der Waals surface area contributed by atoms with Crippen molar-refractivity contribution in [2.75, 3.05) is 0 Å². The molecular formula is C34H46NSi+. The van der Waals surface area contributed by atoms with E-state index in [-0.39, 0.29) is 0 Å². The number of hydrogen-bond acceptors (Lipinski definition) is 0. The summed E-state index contributed by atoms with van der Waals surface area (Å²) in [5.41, 5.74) is 8.76. The summed E-state index contributed by atoms with van der Waals surface area (Å²) in [7, 11) is 0.909. The van der Waals surface area contributed by atoms with E-state index in [0.717, 1.165) is 17.4 Å². The minimum atomic E-state index is -1.35. The Bertz CT molecular complexity index is 1260. The van der Waals surface area contributed by atoms with E-state index in [4.69, 9.17) is 0 Å². The number of aromatic nitrogens is 1. The molecule has 190 valence electrons. The van der Waals surface area contributed by atoms with E-state index in [9.17, 15) is 0 Å². The van der Waals surface area contributed by atoms with Crippen molar-refractivity contribution >= 4 is 24.0 Å². The zero-order valence-electron chi connectivity index (χ0n) is 23.2. The average Bonchev–Trinajstić information content (AvgIpc) is 3.76. The van der Waals surface area contributed by atoms with Crippen molar-refractivity contribution in [3.8, 4) is 11.3 Å². The molecule has 36 heavy (non-hydrogen) atoms.